The van der Waals surface area contributed by atoms with Gasteiger partial charge in [0.15, 0.2) is 5.82 Å². The standard InChI is InChI=1S/C36H35F3N6O/c1-3-23-25(38)10-8-20-6-4-7-24(28(20)23)31-30(39)32-29-27(41-31)14-19(2)33-26-11-9-22(40-26)17-45(33)34(29)43-35(42-32)46-18-36-12-5-13-44(36)16-21(37)15-36/h1,4,6-8,10,19,21-22,26,33,40H,5,9,11-18H2,2H3/t19-,21+,22+,26-,33-,36-/m0/s1. The molecule has 46 heavy (non-hydrogen) atoms. The van der Waals surface area contributed by atoms with E-state index in [4.69, 9.17) is 26.1 Å². The number of hydrogen-bond acceptors (Lipinski definition) is 7. The van der Waals surface area contributed by atoms with Crippen LogP contribution < -0.4 is 15.0 Å². The molecular weight excluding hydrogens is 589 g/mol. The molecule has 7 heterocycles. The van der Waals surface area contributed by atoms with E-state index in [1.54, 1.807) is 18.2 Å². The molecule has 4 saturated heterocycles. The molecular formula is C36H35F3N6O. The molecule has 2 bridgehead atoms. The summed E-state index contributed by atoms with van der Waals surface area (Å²) in [5.41, 5.74) is 1.00. The van der Waals surface area contributed by atoms with E-state index in [1.165, 1.54) is 6.07 Å². The lowest BCUT2D eigenvalue weighted by Gasteiger charge is -2.43. The zero-order chi connectivity index (χ0) is 31.3. The Bertz CT molecular complexity index is 1960. The molecule has 5 aliphatic heterocycles. The van der Waals surface area contributed by atoms with Gasteiger partial charge in [0.05, 0.1) is 22.2 Å². The fourth-order valence-corrected chi connectivity index (χ4v) is 9.34. The van der Waals surface area contributed by atoms with Gasteiger partial charge in [0, 0.05) is 48.6 Å². The second-order valence-corrected chi connectivity index (χ2v) is 14.0. The Balaban J connectivity index is 1.25. The predicted octanol–water partition coefficient (Wildman–Crippen LogP) is 5.56. The van der Waals surface area contributed by atoms with Gasteiger partial charge in [0.2, 0.25) is 0 Å². The van der Waals surface area contributed by atoms with E-state index in [0.717, 1.165) is 38.8 Å². The van der Waals surface area contributed by atoms with Crippen LogP contribution in [0.3, 0.4) is 0 Å². The largest absolute Gasteiger partial charge is 0.461 e. The molecule has 236 valence electrons. The third-order valence-corrected chi connectivity index (χ3v) is 11.3. The smallest absolute Gasteiger partial charge is 0.319 e. The highest BCUT2D eigenvalue weighted by Gasteiger charge is 2.50. The number of alkyl halides is 1. The lowest BCUT2D eigenvalue weighted by Crippen LogP contribution is -2.60. The summed E-state index contributed by atoms with van der Waals surface area (Å²) in [5.74, 6) is 2.14. The Morgan fingerprint density at radius 3 is 2.87 bits per heavy atom. The van der Waals surface area contributed by atoms with Gasteiger partial charge in [-0.2, -0.15) is 9.97 Å². The highest BCUT2D eigenvalue weighted by molar-refractivity contribution is 6.02. The Morgan fingerprint density at radius 1 is 1.11 bits per heavy atom. The first-order valence-electron chi connectivity index (χ1n) is 16.5. The maximum absolute atomic E-state index is 17.1. The molecule has 5 aliphatic rings. The van der Waals surface area contributed by atoms with Crippen LogP contribution in [-0.2, 0) is 6.42 Å². The minimum Gasteiger partial charge on any atom is -0.461 e. The second kappa shape index (κ2) is 10.3. The third kappa shape index (κ3) is 4.10. The van der Waals surface area contributed by atoms with Crippen molar-refractivity contribution >= 4 is 27.5 Å². The van der Waals surface area contributed by atoms with Crippen molar-refractivity contribution in [2.45, 2.75) is 75.3 Å². The molecule has 7 nitrogen and oxygen atoms in total. The van der Waals surface area contributed by atoms with Gasteiger partial charge in [-0.25, -0.2) is 18.2 Å². The van der Waals surface area contributed by atoms with Gasteiger partial charge in [-0.05, 0) is 56.0 Å². The Labute approximate surface area is 265 Å². The number of ether oxygens (including phenoxy) is 1. The Hall–Kier alpha value is -3.94. The SMILES string of the molecule is C#Cc1c(F)ccc2cccc(-c3nc4c5c(nc(OC[C@@]67CCCN6C[C@H](F)C7)nc5c3F)N3C[C@H]5CC[C@H](N5)[C@@H]3[C@@H](C)C4)c12. The summed E-state index contributed by atoms with van der Waals surface area (Å²) in [6, 6.07) is 9.18. The van der Waals surface area contributed by atoms with Crippen LogP contribution in [0.2, 0.25) is 0 Å². The van der Waals surface area contributed by atoms with Crippen LogP contribution in [0.4, 0.5) is 19.0 Å². The van der Waals surface area contributed by atoms with E-state index >= 15 is 4.39 Å². The molecule has 0 amide bonds. The molecule has 0 radical (unpaired) electrons. The number of fused-ring (bicyclic) bond motifs is 7. The number of nitrogens with one attached hydrogen (secondary N) is 1. The number of terminal acetylenes is 1. The van der Waals surface area contributed by atoms with Gasteiger partial charge in [0.1, 0.15) is 35.6 Å². The van der Waals surface area contributed by atoms with Crippen molar-refractivity contribution in [2.24, 2.45) is 5.92 Å². The molecule has 10 heteroatoms. The number of nitrogens with zero attached hydrogens (tertiary/aromatic N) is 5. The molecule has 0 unspecified atom stereocenters. The average Bonchev–Trinajstić information content (AvgIpc) is 3.69. The molecule has 0 saturated carbocycles. The second-order valence-electron chi connectivity index (χ2n) is 14.0. The van der Waals surface area contributed by atoms with Crippen molar-refractivity contribution in [3.8, 4) is 29.6 Å². The van der Waals surface area contributed by atoms with Crippen LogP contribution in [0.25, 0.3) is 32.9 Å². The summed E-state index contributed by atoms with van der Waals surface area (Å²) in [7, 11) is 0. The van der Waals surface area contributed by atoms with Crippen LogP contribution in [-0.4, -0.2) is 75.9 Å². The minimum absolute atomic E-state index is 0.0726. The molecule has 2 aromatic heterocycles. The van der Waals surface area contributed by atoms with E-state index in [-0.39, 0.29) is 47.4 Å². The van der Waals surface area contributed by atoms with Crippen molar-refractivity contribution in [1.29, 1.82) is 0 Å². The Kier molecular flexibility index (Phi) is 6.32. The van der Waals surface area contributed by atoms with E-state index in [2.05, 4.69) is 28.0 Å². The van der Waals surface area contributed by atoms with E-state index in [9.17, 15) is 8.78 Å². The van der Waals surface area contributed by atoms with Crippen molar-refractivity contribution in [2.75, 3.05) is 31.1 Å². The van der Waals surface area contributed by atoms with Crippen LogP contribution in [0.1, 0.15) is 50.3 Å². The number of benzene rings is 2. The fraction of sp³-hybridized carbons (Fsp3) is 0.472. The first kappa shape index (κ1) is 28.3. The first-order chi connectivity index (χ1) is 22.3. The number of piperazine rings is 1. The van der Waals surface area contributed by atoms with Gasteiger partial charge in [-0.1, -0.05) is 37.1 Å². The molecule has 1 N–H and O–H groups in total. The van der Waals surface area contributed by atoms with Crippen molar-refractivity contribution < 1.29 is 17.9 Å². The quantitative estimate of drug-likeness (QED) is 0.298. The maximum atomic E-state index is 17.1. The summed E-state index contributed by atoms with van der Waals surface area (Å²) in [4.78, 5) is 19.2. The normalized spacial score (nSPS) is 30.0. The van der Waals surface area contributed by atoms with Gasteiger partial charge in [0.25, 0.3) is 0 Å². The molecule has 4 fully saturated rings. The van der Waals surface area contributed by atoms with Crippen LogP contribution >= 0.6 is 0 Å². The van der Waals surface area contributed by atoms with Crippen LogP contribution in [0.15, 0.2) is 30.3 Å². The van der Waals surface area contributed by atoms with Gasteiger partial charge in [-0.3, -0.25) is 4.90 Å². The maximum Gasteiger partial charge on any atom is 0.319 e. The highest BCUT2D eigenvalue weighted by Crippen LogP contribution is 2.45. The topological polar surface area (TPSA) is 66.4 Å². The Morgan fingerprint density at radius 2 is 2.00 bits per heavy atom. The van der Waals surface area contributed by atoms with E-state index in [1.807, 2.05) is 6.07 Å². The molecule has 6 atom stereocenters. The van der Waals surface area contributed by atoms with Gasteiger partial charge in [-0.15, -0.1) is 6.42 Å². The number of anilines is 1. The van der Waals surface area contributed by atoms with Gasteiger partial charge < -0.3 is 15.0 Å². The monoisotopic (exact) mass is 624 g/mol. The molecule has 2 aromatic carbocycles. The van der Waals surface area contributed by atoms with Crippen LogP contribution in [0.5, 0.6) is 6.01 Å². The van der Waals surface area contributed by atoms with E-state index < -0.39 is 23.3 Å². The number of rotatable bonds is 4. The lowest BCUT2D eigenvalue weighted by atomic mass is 9.89. The molecule has 9 rings (SSSR count). The number of hydrogen-bond donors (Lipinski definition) is 1. The number of pyridine rings is 1. The summed E-state index contributed by atoms with van der Waals surface area (Å²) in [5, 5.41) is 5.53. The zero-order valence-electron chi connectivity index (χ0n) is 25.7. The molecule has 4 aromatic rings. The molecule has 0 aliphatic carbocycles. The lowest BCUT2D eigenvalue weighted by molar-refractivity contribution is 0.107. The summed E-state index contributed by atoms with van der Waals surface area (Å²) in [6.45, 7) is 4.46. The third-order valence-electron chi connectivity index (χ3n) is 11.3. The molecule has 0 spiro atoms. The number of halogens is 3. The minimum atomic E-state index is -0.892. The van der Waals surface area contributed by atoms with Gasteiger partial charge >= 0.3 is 6.01 Å². The summed E-state index contributed by atoms with van der Waals surface area (Å²) >= 11 is 0. The van der Waals surface area contributed by atoms with Crippen molar-refractivity contribution in [1.82, 2.24) is 25.2 Å². The summed E-state index contributed by atoms with van der Waals surface area (Å²) in [6.07, 6.45) is 9.88. The van der Waals surface area contributed by atoms with E-state index in [0.29, 0.717) is 58.7 Å². The predicted molar refractivity (Wildman–Crippen MR) is 171 cm³/mol. The average molecular weight is 625 g/mol. The van der Waals surface area contributed by atoms with Crippen molar-refractivity contribution in [3.63, 3.8) is 0 Å². The van der Waals surface area contributed by atoms with Crippen molar-refractivity contribution in [3.05, 3.63) is 53.2 Å². The summed E-state index contributed by atoms with van der Waals surface area (Å²) < 4.78 is 53.0. The fourth-order valence-electron chi connectivity index (χ4n) is 9.34. The zero-order valence-corrected chi connectivity index (χ0v) is 25.7. The highest BCUT2D eigenvalue weighted by atomic mass is 19.1. The van der Waals surface area contributed by atoms with Crippen LogP contribution in [0, 0.1) is 29.9 Å². The number of aromatic nitrogens is 3. The first-order valence-corrected chi connectivity index (χ1v) is 16.5.